The Labute approximate surface area is 234 Å². The second-order valence-corrected chi connectivity index (χ2v) is 9.97. The average molecular weight is 556 g/mol. The lowest BCUT2D eigenvalue weighted by Gasteiger charge is -2.33. The van der Waals surface area contributed by atoms with E-state index in [0.717, 1.165) is 30.4 Å². The summed E-state index contributed by atoms with van der Waals surface area (Å²) in [5.74, 6) is 8.48. The van der Waals surface area contributed by atoms with E-state index in [9.17, 15) is 18.4 Å². The van der Waals surface area contributed by atoms with E-state index in [0.29, 0.717) is 29.7 Å². The summed E-state index contributed by atoms with van der Waals surface area (Å²) in [7, 11) is 1.58. The van der Waals surface area contributed by atoms with E-state index in [4.69, 9.17) is 10.5 Å². The number of nitrogens with two attached hydrogens (primary N) is 1. The Balaban J connectivity index is 1.51. The smallest absolute Gasteiger partial charge is 0.254 e. The minimum absolute atomic E-state index is 0.000262. The van der Waals surface area contributed by atoms with Crippen LogP contribution in [0.25, 0.3) is 11.0 Å². The second-order valence-electron chi connectivity index (χ2n) is 9.97. The number of aromatic nitrogens is 3. The summed E-state index contributed by atoms with van der Waals surface area (Å²) in [6.45, 7) is 3.84. The van der Waals surface area contributed by atoms with Gasteiger partial charge in [0.1, 0.15) is 22.9 Å². The van der Waals surface area contributed by atoms with Crippen molar-refractivity contribution in [1.29, 1.82) is 0 Å². The number of rotatable bonds is 5. The number of nitrogens with one attached hydrogen (secondary N) is 2. The fraction of sp³-hybridized carbons (Fsp3) is 0.258. The van der Waals surface area contributed by atoms with Crippen LogP contribution in [0.15, 0.2) is 53.6 Å². The highest BCUT2D eigenvalue weighted by atomic mass is 19.1. The zero-order valence-electron chi connectivity index (χ0n) is 22.5. The standard InChI is InChI=1S/C31H27F2N5O3/c1-31(18-35-12-14-41-31)27-16-24-21(25(28(34)39)17-36-29(24)37-27)8-5-3-4-7-20(22-9-6-13-38(2)30(22)40)23-15-19(32)10-11-26(23)33/h6,9-11,13,15-17,20,35H,7,12,14,18H2,1-2H3,(H2,34,39)(H,36,37)/t20?,31-/m0/s1. The average Bonchev–Trinajstić information content (AvgIpc) is 3.40. The van der Waals surface area contributed by atoms with E-state index in [-0.39, 0.29) is 28.7 Å². The summed E-state index contributed by atoms with van der Waals surface area (Å²) in [4.78, 5) is 32.6. The molecule has 10 heteroatoms. The van der Waals surface area contributed by atoms with Gasteiger partial charge in [-0.05, 0) is 54.7 Å². The molecule has 1 aliphatic heterocycles. The Kier molecular flexibility index (Phi) is 7.71. The van der Waals surface area contributed by atoms with E-state index in [1.165, 1.54) is 10.8 Å². The monoisotopic (exact) mass is 555 g/mol. The lowest BCUT2D eigenvalue weighted by molar-refractivity contribution is -0.0596. The van der Waals surface area contributed by atoms with Gasteiger partial charge in [-0.3, -0.25) is 9.59 Å². The van der Waals surface area contributed by atoms with E-state index >= 15 is 0 Å². The summed E-state index contributed by atoms with van der Waals surface area (Å²) in [5, 5.41) is 3.90. The zero-order valence-corrected chi connectivity index (χ0v) is 22.5. The first-order valence-electron chi connectivity index (χ1n) is 12.9. The van der Waals surface area contributed by atoms with Crippen LogP contribution in [0.2, 0.25) is 0 Å². The fourth-order valence-corrected chi connectivity index (χ4v) is 4.92. The second kappa shape index (κ2) is 11.4. The van der Waals surface area contributed by atoms with E-state index in [2.05, 4.69) is 39.0 Å². The topological polar surface area (TPSA) is 115 Å². The first-order chi connectivity index (χ1) is 19.7. The Hall–Kier alpha value is -4.77. The zero-order chi connectivity index (χ0) is 29.1. The molecule has 1 unspecified atom stereocenters. The highest BCUT2D eigenvalue weighted by Crippen LogP contribution is 2.31. The number of halogens is 2. The molecule has 41 heavy (non-hydrogen) atoms. The number of aromatic amines is 1. The minimum atomic E-state index is -0.828. The van der Waals surface area contributed by atoms with Gasteiger partial charge in [0.25, 0.3) is 11.5 Å². The van der Waals surface area contributed by atoms with Crippen LogP contribution in [0.5, 0.6) is 0 Å². The molecule has 0 radical (unpaired) electrons. The summed E-state index contributed by atoms with van der Waals surface area (Å²) in [6, 6.07) is 8.20. The predicted octanol–water partition coefficient (Wildman–Crippen LogP) is 3.05. The maximum Gasteiger partial charge on any atom is 0.254 e. The molecule has 8 nitrogen and oxygen atoms in total. The van der Waals surface area contributed by atoms with Gasteiger partial charge in [-0.2, -0.15) is 0 Å². The summed E-state index contributed by atoms with van der Waals surface area (Å²) in [5.41, 5.74) is 6.73. The van der Waals surface area contributed by atoms with Crippen LogP contribution in [-0.4, -0.2) is 40.1 Å². The minimum Gasteiger partial charge on any atom is -0.366 e. The molecule has 208 valence electrons. The maximum absolute atomic E-state index is 14.7. The molecular formula is C31H27F2N5O3. The van der Waals surface area contributed by atoms with Gasteiger partial charge in [0.2, 0.25) is 0 Å². The van der Waals surface area contributed by atoms with Crippen LogP contribution in [0.3, 0.4) is 0 Å². The SMILES string of the molecule is Cn1cccc(C(CC#CC#Cc2c(C(N)=O)cnc3[nH]c([C@]4(C)CNCCO4)cc23)c2cc(F)ccc2F)c1=O. The van der Waals surface area contributed by atoms with Crippen molar-refractivity contribution in [2.24, 2.45) is 12.8 Å². The molecule has 0 bridgehead atoms. The quantitative estimate of drug-likeness (QED) is 0.328. The Morgan fingerprint density at radius 3 is 2.83 bits per heavy atom. The number of aryl methyl sites for hydroxylation is 1. The molecule has 0 saturated carbocycles. The van der Waals surface area contributed by atoms with Crippen LogP contribution >= 0.6 is 0 Å². The van der Waals surface area contributed by atoms with E-state index in [1.807, 2.05) is 13.0 Å². The molecule has 4 heterocycles. The molecular weight excluding hydrogens is 528 g/mol. The van der Waals surface area contributed by atoms with Gasteiger partial charge in [0.15, 0.2) is 0 Å². The number of hydrogen-bond acceptors (Lipinski definition) is 5. The Bertz CT molecular complexity index is 1830. The van der Waals surface area contributed by atoms with Crippen molar-refractivity contribution in [2.45, 2.75) is 24.9 Å². The van der Waals surface area contributed by atoms with Gasteiger partial charge in [0.05, 0.1) is 23.4 Å². The van der Waals surface area contributed by atoms with Gasteiger partial charge in [-0.15, -0.1) is 0 Å². The molecule has 5 rings (SSSR count). The number of pyridine rings is 2. The summed E-state index contributed by atoms with van der Waals surface area (Å²) in [6.07, 6.45) is 2.94. The number of benzene rings is 1. The molecule has 4 N–H and O–H groups in total. The van der Waals surface area contributed by atoms with Crippen molar-refractivity contribution in [3.63, 3.8) is 0 Å². The normalized spacial score (nSPS) is 17.3. The highest BCUT2D eigenvalue weighted by molar-refractivity contribution is 6.01. The van der Waals surface area contributed by atoms with Crippen molar-refractivity contribution in [2.75, 3.05) is 19.7 Å². The predicted molar refractivity (Wildman–Crippen MR) is 150 cm³/mol. The van der Waals surface area contributed by atoms with Gasteiger partial charge >= 0.3 is 0 Å². The van der Waals surface area contributed by atoms with Crippen LogP contribution in [-0.2, 0) is 17.4 Å². The summed E-state index contributed by atoms with van der Waals surface area (Å²) >= 11 is 0. The number of amides is 1. The Morgan fingerprint density at radius 1 is 1.24 bits per heavy atom. The third-order valence-corrected chi connectivity index (χ3v) is 7.16. The van der Waals surface area contributed by atoms with Crippen molar-refractivity contribution in [3.05, 3.63) is 98.7 Å². The van der Waals surface area contributed by atoms with Gasteiger partial charge in [-0.1, -0.05) is 17.9 Å². The number of primary amides is 1. The van der Waals surface area contributed by atoms with E-state index in [1.54, 1.807) is 25.4 Å². The first-order valence-corrected chi connectivity index (χ1v) is 12.9. The molecule has 1 saturated heterocycles. The largest absolute Gasteiger partial charge is 0.366 e. The number of ether oxygens (including phenoxy) is 1. The number of morpholine rings is 1. The van der Waals surface area contributed by atoms with Crippen LogP contribution in [0.4, 0.5) is 8.78 Å². The van der Waals surface area contributed by atoms with Crippen molar-refractivity contribution in [1.82, 2.24) is 19.9 Å². The number of hydrogen-bond donors (Lipinski definition) is 3. The number of H-pyrrole nitrogens is 1. The number of carbonyl (C=O) groups excluding carboxylic acids is 1. The molecule has 1 aromatic carbocycles. The highest BCUT2D eigenvalue weighted by Gasteiger charge is 2.32. The van der Waals surface area contributed by atoms with Crippen molar-refractivity contribution in [3.8, 4) is 23.7 Å². The first kappa shape index (κ1) is 27.8. The molecule has 4 aromatic rings. The van der Waals surface area contributed by atoms with Crippen molar-refractivity contribution < 1.29 is 18.3 Å². The third kappa shape index (κ3) is 5.62. The van der Waals surface area contributed by atoms with Gasteiger partial charge in [0, 0.05) is 55.8 Å². The van der Waals surface area contributed by atoms with Crippen LogP contribution in [0, 0.1) is 35.3 Å². The summed E-state index contributed by atoms with van der Waals surface area (Å²) < 4.78 is 36.2. The van der Waals surface area contributed by atoms with Crippen molar-refractivity contribution >= 4 is 16.9 Å². The number of nitrogens with zero attached hydrogens (tertiary/aromatic N) is 2. The van der Waals surface area contributed by atoms with Gasteiger partial charge in [-0.25, -0.2) is 13.8 Å². The Morgan fingerprint density at radius 2 is 2.07 bits per heavy atom. The molecule has 1 amide bonds. The maximum atomic E-state index is 14.7. The molecule has 3 aromatic heterocycles. The van der Waals surface area contributed by atoms with Crippen LogP contribution < -0.4 is 16.6 Å². The van der Waals surface area contributed by atoms with Crippen LogP contribution in [0.1, 0.15) is 52.0 Å². The molecule has 0 aliphatic carbocycles. The molecule has 1 fully saturated rings. The number of fused-ring (bicyclic) bond motifs is 1. The molecule has 2 atom stereocenters. The molecule has 1 aliphatic rings. The lowest BCUT2D eigenvalue weighted by Crippen LogP contribution is -2.45. The number of carbonyl (C=O) groups is 1. The van der Waals surface area contributed by atoms with Gasteiger partial charge < -0.3 is 25.3 Å². The lowest BCUT2D eigenvalue weighted by atomic mass is 9.89. The molecule has 0 spiro atoms. The fourth-order valence-electron chi connectivity index (χ4n) is 4.92. The third-order valence-electron chi connectivity index (χ3n) is 7.16. The van der Waals surface area contributed by atoms with E-state index < -0.39 is 29.1 Å².